The van der Waals surface area contributed by atoms with Crippen LogP contribution in [0.3, 0.4) is 0 Å². The first-order chi connectivity index (χ1) is 8.74. The van der Waals surface area contributed by atoms with Crippen LogP contribution in [0.1, 0.15) is 25.7 Å². The molecule has 0 radical (unpaired) electrons. The zero-order chi connectivity index (χ0) is 13.0. The predicted octanol–water partition coefficient (Wildman–Crippen LogP) is 2.45. The van der Waals surface area contributed by atoms with E-state index in [2.05, 4.69) is 6.58 Å². The lowest BCUT2D eigenvalue weighted by molar-refractivity contribution is -0.179. The topological polar surface area (TPSA) is 66.0 Å². The zero-order valence-electron chi connectivity index (χ0n) is 10.3. The molecule has 0 aromatic rings. The largest absolute Gasteiger partial charge is 0.348 e. The van der Waals surface area contributed by atoms with Crippen molar-refractivity contribution >= 4 is 0 Å². The van der Waals surface area contributed by atoms with E-state index in [-0.39, 0.29) is 11.5 Å². The Morgan fingerprint density at radius 2 is 2.06 bits per heavy atom. The summed E-state index contributed by atoms with van der Waals surface area (Å²) in [5.74, 6) is -0.364. The molecule has 0 amide bonds. The Labute approximate surface area is 107 Å². The SMILES string of the molecule is C=CCC1CC2(CCC1=C(C#N)C#N)OCCO2. The molecule has 94 valence electrons. The second-order valence-corrected chi connectivity index (χ2v) is 4.66. The standard InChI is InChI=1S/C14H16N2O2/c1-2-3-11-8-14(17-6-7-18-14)5-4-13(11)12(9-15)10-16/h2,11H,1,3-8H2. The minimum Gasteiger partial charge on any atom is -0.348 e. The summed E-state index contributed by atoms with van der Waals surface area (Å²) in [5.41, 5.74) is 1.18. The highest BCUT2D eigenvalue weighted by molar-refractivity contribution is 5.42. The van der Waals surface area contributed by atoms with Crippen molar-refractivity contribution in [2.75, 3.05) is 13.2 Å². The van der Waals surface area contributed by atoms with Gasteiger partial charge in [-0.05, 0) is 24.3 Å². The van der Waals surface area contributed by atoms with Gasteiger partial charge in [-0.2, -0.15) is 10.5 Å². The van der Waals surface area contributed by atoms with Crippen LogP contribution in [-0.4, -0.2) is 19.0 Å². The molecule has 1 spiro atoms. The van der Waals surface area contributed by atoms with Crippen LogP contribution in [0.4, 0.5) is 0 Å². The Morgan fingerprint density at radius 1 is 1.39 bits per heavy atom. The van der Waals surface area contributed by atoms with Crippen molar-refractivity contribution in [2.24, 2.45) is 5.92 Å². The number of nitrogens with zero attached hydrogens (tertiary/aromatic N) is 2. The van der Waals surface area contributed by atoms with Gasteiger partial charge in [-0.1, -0.05) is 6.08 Å². The molecule has 1 heterocycles. The lowest BCUT2D eigenvalue weighted by Gasteiger charge is -2.37. The van der Waals surface area contributed by atoms with Crippen molar-refractivity contribution in [2.45, 2.75) is 31.5 Å². The molecular weight excluding hydrogens is 228 g/mol. The van der Waals surface area contributed by atoms with Crippen molar-refractivity contribution in [1.82, 2.24) is 0 Å². The second-order valence-electron chi connectivity index (χ2n) is 4.66. The molecule has 2 rings (SSSR count). The molecule has 1 unspecified atom stereocenters. The first-order valence-corrected chi connectivity index (χ1v) is 6.17. The zero-order valence-corrected chi connectivity index (χ0v) is 10.3. The highest BCUT2D eigenvalue weighted by Crippen LogP contribution is 2.43. The van der Waals surface area contributed by atoms with Crippen molar-refractivity contribution < 1.29 is 9.47 Å². The average molecular weight is 244 g/mol. The Balaban J connectivity index is 2.25. The molecule has 18 heavy (non-hydrogen) atoms. The Bertz CT molecular complexity index is 431. The summed E-state index contributed by atoms with van der Waals surface area (Å²) in [6.07, 6.45) is 4.70. The number of nitriles is 2. The summed E-state index contributed by atoms with van der Waals surface area (Å²) < 4.78 is 11.4. The molecule has 2 aliphatic rings. The minimum atomic E-state index is -0.493. The first-order valence-electron chi connectivity index (χ1n) is 6.17. The van der Waals surface area contributed by atoms with Crippen molar-refractivity contribution in [3.63, 3.8) is 0 Å². The van der Waals surface area contributed by atoms with Crippen LogP contribution in [-0.2, 0) is 9.47 Å². The highest BCUT2D eigenvalue weighted by atomic mass is 16.7. The number of rotatable bonds is 2. The Hall–Kier alpha value is -1.62. The van der Waals surface area contributed by atoms with Crippen LogP contribution < -0.4 is 0 Å². The van der Waals surface area contributed by atoms with Gasteiger partial charge in [0.1, 0.15) is 17.7 Å². The van der Waals surface area contributed by atoms with Crippen LogP contribution in [0.2, 0.25) is 0 Å². The summed E-state index contributed by atoms with van der Waals surface area (Å²) in [5, 5.41) is 18.0. The van der Waals surface area contributed by atoms with E-state index in [1.54, 1.807) is 0 Å². The fourth-order valence-corrected chi connectivity index (χ4v) is 2.81. The van der Waals surface area contributed by atoms with Crippen LogP contribution in [0.15, 0.2) is 23.8 Å². The summed E-state index contributed by atoms with van der Waals surface area (Å²) in [7, 11) is 0. The normalized spacial score (nSPS) is 25.4. The van der Waals surface area contributed by atoms with E-state index in [1.807, 2.05) is 18.2 Å². The van der Waals surface area contributed by atoms with Gasteiger partial charge in [0.25, 0.3) is 0 Å². The molecule has 1 aliphatic heterocycles. The monoisotopic (exact) mass is 244 g/mol. The van der Waals surface area contributed by atoms with E-state index in [1.165, 1.54) is 0 Å². The number of hydrogen-bond donors (Lipinski definition) is 0. The molecule has 0 aromatic heterocycles. The maximum atomic E-state index is 9.00. The minimum absolute atomic E-state index is 0.128. The molecule has 1 atom stereocenters. The first kappa shape index (κ1) is 12.8. The third-order valence-electron chi connectivity index (χ3n) is 3.63. The van der Waals surface area contributed by atoms with Gasteiger partial charge < -0.3 is 9.47 Å². The fourth-order valence-electron chi connectivity index (χ4n) is 2.81. The van der Waals surface area contributed by atoms with Crippen LogP contribution >= 0.6 is 0 Å². The van der Waals surface area contributed by atoms with Gasteiger partial charge in [-0.15, -0.1) is 6.58 Å². The van der Waals surface area contributed by atoms with Gasteiger partial charge in [0, 0.05) is 12.8 Å². The van der Waals surface area contributed by atoms with Gasteiger partial charge in [0.2, 0.25) is 0 Å². The molecule has 0 N–H and O–H groups in total. The van der Waals surface area contributed by atoms with Crippen molar-refractivity contribution in [3.05, 3.63) is 23.8 Å². The van der Waals surface area contributed by atoms with Gasteiger partial charge >= 0.3 is 0 Å². The molecule has 4 nitrogen and oxygen atoms in total. The van der Waals surface area contributed by atoms with Gasteiger partial charge in [0.05, 0.1) is 13.2 Å². The Morgan fingerprint density at radius 3 is 2.61 bits per heavy atom. The summed E-state index contributed by atoms with van der Waals surface area (Å²) in [6, 6.07) is 3.98. The molecule has 1 aliphatic carbocycles. The van der Waals surface area contributed by atoms with Crippen LogP contribution in [0, 0.1) is 28.6 Å². The summed E-state index contributed by atoms with van der Waals surface area (Å²) in [6.45, 7) is 5.00. The molecule has 0 bridgehead atoms. The molecule has 2 fully saturated rings. The molecule has 0 aromatic carbocycles. The number of hydrogen-bond acceptors (Lipinski definition) is 4. The van der Waals surface area contributed by atoms with E-state index in [4.69, 9.17) is 20.0 Å². The maximum absolute atomic E-state index is 9.00. The van der Waals surface area contributed by atoms with Gasteiger partial charge in [-0.3, -0.25) is 0 Å². The van der Waals surface area contributed by atoms with E-state index >= 15 is 0 Å². The third kappa shape index (κ3) is 2.31. The van der Waals surface area contributed by atoms with Crippen LogP contribution in [0.25, 0.3) is 0 Å². The van der Waals surface area contributed by atoms with Gasteiger partial charge in [-0.25, -0.2) is 0 Å². The van der Waals surface area contributed by atoms with E-state index in [9.17, 15) is 0 Å². The highest BCUT2D eigenvalue weighted by Gasteiger charge is 2.43. The Kier molecular flexibility index (Phi) is 3.81. The maximum Gasteiger partial charge on any atom is 0.169 e. The van der Waals surface area contributed by atoms with E-state index < -0.39 is 5.79 Å². The van der Waals surface area contributed by atoms with Crippen molar-refractivity contribution in [3.8, 4) is 12.1 Å². The molecule has 1 saturated carbocycles. The smallest absolute Gasteiger partial charge is 0.169 e. The van der Waals surface area contributed by atoms with Crippen LogP contribution in [0.5, 0.6) is 0 Å². The second kappa shape index (κ2) is 5.35. The lowest BCUT2D eigenvalue weighted by Crippen LogP contribution is -2.37. The van der Waals surface area contributed by atoms with Gasteiger partial charge in [0.15, 0.2) is 5.79 Å². The van der Waals surface area contributed by atoms with Crippen molar-refractivity contribution in [1.29, 1.82) is 10.5 Å². The summed E-state index contributed by atoms with van der Waals surface area (Å²) in [4.78, 5) is 0. The molecule has 1 saturated heterocycles. The third-order valence-corrected chi connectivity index (χ3v) is 3.63. The quantitative estimate of drug-likeness (QED) is 0.552. The molecule has 4 heteroatoms. The lowest BCUT2D eigenvalue weighted by atomic mass is 9.77. The number of allylic oxidation sites excluding steroid dienone is 3. The fraction of sp³-hybridized carbons (Fsp3) is 0.571. The average Bonchev–Trinajstić information content (AvgIpc) is 2.82. The number of ether oxygens (including phenoxy) is 2. The molecular formula is C14H16N2O2. The van der Waals surface area contributed by atoms with E-state index in [0.717, 1.165) is 18.4 Å². The summed E-state index contributed by atoms with van der Waals surface area (Å²) >= 11 is 0. The predicted molar refractivity (Wildman–Crippen MR) is 65.0 cm³/mol. The van der Waals surface area contributed by atoms with E-state index in [0.29, 0.717) is 26.1 Å².